The number of thiocarbonyl (C=S) groups is 1. The van der Waals surface area contributed by atoms with Crippen LogP contribution in [-0.2, 0) is 25.7 Å². The SMILES string of the molecule is Cc1cc(Br)ccc1N1C(=O)C(=Cc2cn(CC(=O)N3CCOCC3)c3ccccc23)C(=O)NC1=S. The van der Waals surface area contributed by atoms with Crippen molar-refractivity contribution in [2.75, 3.05) is 31.2 Å². The minimum atomic E-state index is -0.558. The van der Waals surface area contributed by atoms with Crippen molar-refractivity contribution in [3.8, 4) is 0 Å². The van der Waals surface area contributed by atoms with Gasteiger partial charge in [0.15, 0.2) is 5.11 Å². The molecule has 2 aliphatic rings. The van der Waals surface area contributed by atoms with Gasteiger partial charge in [-0.2, -0.15) is 0 Å². The van der Waals surface area contributed by atoms with E-state index in [1.165, 1.54) is 4.90 Å². The predicted molar refractivity (Wildman–Crippen MR) is 144 cm³/mol. The third kappa shape index (κ3) is 4.59. The van der Waals surface area contributed by atoms with E-state index in [0.717, 1.165) is 20.9 Å². The van der Waals surface area contributed by atoms with Crippen LogP contribution in [0, 0.1) is 6.92 Å². The minimum Gasteiger partial charge on any atom is -0.378 e. The van der Waals surface area contributed by atoms with Gasteiger partial charge in [0.2, 0.25) is 5.91 Å². The Morgan fingerprint density at radius 2 is 1.92 bits per heavy atom. The smallest absolute Gasteiger partial charge is 0.270 e. The maximum atomic E-state index is 13.5. The van der Waals surface area contributed by atoms with E-state index in [2.05, 4.69) is 21.2 Å². The molecule has 2 saturated heterocycles. The summed E-state index contributed by atoms with van der Waals surface area (Å²) in [5.41, 5.74) is 2.89. The number of halogens is 1. The molecule has 2 aliphatic heterocycles. The molecule has 0 aliphatic carbocycles. The minimum absolute atomic E-state index is 0.00743. The zero-order chi connectivity index (χ0) is 25.4. The van der Waals surface area contributed by atoms with Crippen molar-refractivity contribution < 1.29 is 19.1 Å². The van der Waals surface area contributed by atoms with Crippen molar-refractivity contribution in [1.29, 1.82) is 0 Å². The summed E-state index contributed by atoms with van der Waals surface area (Å²) < 4.78 is 8.07. The van der Waals surface area contributed by atoms with Crippen LogP contribution in [0.15, 0.2) is 58.7 Å². The molecule has 3 aromatic rings. The molecule has 8 nitrogen and oxygen atoms in total. The lowest BCUT2D eigenvalue weighted by molar-refractivity contribution is -0.135. The summed E-state index contributed by atoms with van der Waals surface area (Å²) in [6.07, 6.45) is 3.37. The van der Waals surface area contributed by atoms with Gasteiger partial charge in [0.05, 0.1) is 18.9 Å². The number of amides is 3. The van der Waals surface area contributed by atoms with E-state index in [1.807, 2.05) is 47.9 Å². The summed E-state index contributed by atoms with van der Waals surface area (Å²) >= 11 is 8.77. The Bertz CT molecular complexity index is 1440. The maximum absolute atomic E-state index is 13.5. The highest BCUT2D eigenvalue weighted by Crippen LogP contribution is 2.29. The molecule has 1 N–H and O–H groups in total. The van der Waals surface area contributed by atoms with E-state index in [9.17, 15) is 14.4 Å². The molecule has 36 heavy (non-hydrogen) atoms. The summed E-state index contributed by atoms with van der Waals surface area (Å²) in [5.74, 6) is -1.07. The quantitative estimate of drug-likeness (QED) is 0.297. The number of ether oxygens (including phenoxy) is 1. The first-order valence-corrected chi connectivity index (χ1v) is 12.6. The van der Waals surface area contributed by atoms with Crippen LogP contribution in [0.1, 0.15) is 11.1 Å². The fraction of sp³-hybridized carbons (Fsp3) is 0.231. The number of para-hydroxylation sites is 1. The Balaban J connectivity index is 1.51. The van der Waals surface area contributed by atoms with Gasteiger partial charge in [-0.1, -0.05) is 34.1 Å². The highest BCUT2D eigenvalue weighted by atomic mass is 79.9. The number of nitrogens with one attached hydrogen (secondary N) is 1. The van der Waals surface area contributed by atoms with Crippen molar-refractivity contribution in [3.05, 3.63) is 69.8 Å². The molecule has 2 fully saturated rings. The molecule has 2 aromatic carbocycles. The molecular formula is C26H23BrN4O4S. The first-order chi connectivity index (χ1) is 17.3. The van der Waals surface area contributed by atoms with Crippen LogP contribution in [0.5, 0.6) is 0 Å². The lowest BCUT2D eigenvalue weighted by Crippen LogP contribution is -2.54. The fourth-order valence-electron chi connectivity index (χ4n) is 4.48. The second-order valence-electron chi connectivity index (χ2n) is 8.61. The lowest BCUT2D eigenvalue weighted by Gasteiger charge is -2.30. The molecule has 184 valence electrons. The highest BCUT2D eigenvalue weighted by Gasteiger charge is 2.35. The van der Waals surface area contributed by atoms with Gasteiger partial charge < -0.3 is 14.2 Å². The standard InChI is InChI=1S/C26H23BrN4O4S/c1-16-12-18(27)6-7-21(16)31-25(34)20(24(33)28-26(31)36)13-17-14-30(22-5-3-2-4-19(17)22)15-23(32)29-8-10-35-11-9-29/h2-7,12-14H,8-11,15H2,1H3,(H,28,33,36). The van der Waals surface area contributed by atoms with Crippen LogP contribution >= 0.6 is 28.1 Å². The van der Waals surface area contributed by atoms with Gasteiger partial charge in [0.1, 0.15) is 12.1 Å². The largest absolute Gasteiger partial charge is 0.378 e. The molecule has 0 saturated carbocycles. The lowest BCUT2D eigenvalue weighted by atomic mass is 10.1. The third-order valence-electron chi connectivity index (χ3n) is 6.29. The summed E-state index contributed by atoms with van der Waals surface area (Å²) in [6.45, 7) is 4.21. The molecule has 0 atom stereocenters. The summed E-state index contributed by atoms with van der Waals surface area (Å²) in [5, 5.41) is 3.51. The van der Waals surface area contributed by atoms with Crippen LogP contribution < -0.4 is 10.2 Å². The second kappa shape index (κ2) is 9.96. The van der Waals surface area contributed by atoms with Crippen molar-refractivity contribution in [3.63, 3.8) is 0 Å². The van der Waals surface area contributed by atoms with Crippen molar-refractivity contribution >= 4 is 73.6 Å². The number of aryl methyl sites for hydroxylation is 1. The van der Waals surface area contributed by atoms with Gasteiger partial charge in [0.25, 0.3) is 11.8 Å². The van der Waals surface area contributed by atoms with Crippen molar-refractivity contribution in [2.24, 2.45) is 0 Å². The zero-order valence-corrected chi connectivity index (χ0v) is 21.9. The molecule has 0 radical (unpaired) electrons. The number of anilines is 1. The number of carbonyl (C=O) groups is 3. The monoisotopic (exact) mass is 566 g/mol. The fourth-order valence-corrected chi connectivity index (χ4v) is 5.23. The number of benzene rings is 2. The van der Waals surface area contributed by atoms with Crippen LogP contribution in [0.4, 0.5) is 5.69 Å². The van der Waals surface area contributed by atoms with Crippen LogP contribution in [0.3, 0.4) is 0 Å². The Hall–Kier alpha value is -3.34. The summed E-state index contributed by atoms with van der Waals surface area (Å²) in [7, 11) is 0. The average Bonchev–Trinajstić information content (AvgIpc) is 3.20. The van der Waals surface area contributed by atoms with Crippen molar-refractivity contribution in [1.82, 2.24) is 14.8 Å². The number of aromatic nitrogens is 1. The third-order valence-corrected chi connectivity index (χ3v) is 7.07. The Morgan fingerprint density at radius 3 is 2.67 bits per heavy atom. The molecule has 0 spiro atoms. The summed E-state index contributed by atoms with van der Waals surface area (Å²) in [6, 6.07) is 13.1. The van der Waals surface area contributed by atoms with E-state index < -0.39 is 11.8 Å². The van der Waals surface area contributed by atoms with Gasteiger partial charge in [-0.15, -0.1) is 0 Å². The van der Waals surface area contributed by atoms with E-state index in [1.54, 1.807) is 23.2 Å². The molecule has 3 amide bonds. The van der Waals surface area contributed by atoms with E-state index in [4.69, 9.17) is 17.0 Å². The highest BCUT2D eigenvalue weighted by molar-refractivity contribution is 9.10. The number of nitrogens with zero attached hydrogens (tertiary/aromatic N) is 3. The number of carbonyl (C=O) groups excluding carboxylic acids is 3. The van der Waals surface area contributed by atoms with Crippen LogP contribution in [0.25, 0.3) is 17.0 Å². The van der Waals surface area contributed by atoms with E-state index in [0.29, 0.717) is 37.6 Å². The molecule has 10 heteroatoms. The van der Waals surface area contributed by atoms with Gasteiger partial charge in [0, 0.05) is 40.2 Å². The first-order valence-electron chi connectivity index (χ1n) is 11.4. The second-order valence-corrected chi connectivity index (χ2v) is 9.91. The number of morpholine rings is 1. The predicted octanol–water partition coefficient (Wildman–Crippen LogP) is 3.40. The van der Waals surface area contributed by atoms with Crippen molar-refractivity contribution in [2.45, 2.75) is 13.5 Å². The molecule has 0 bridgehead atoms. The molecular weight excluding hydrogens is 544 g/mol. The summed E-state index contributed by atoms with van der Waals surface area (Å²) in [4.78, 5) is 42.4. The van der Waals surface area contributed by atoms with Gasteiger partial charge in [-0.05, 0) is 55.0 Å². The van der Waals surface area contributed by atoms with Gasteiger partial charge >= 0.3 is 0 Å². The average molecular weight is 567 g/mol. The van der Waals surface area contributed by atoms with Gasteiger partial charge in [-0.25, -0.2) is 0 Å². The van der Waals surface area contributed by atoms with Gasteiger partial charge in [-0.3, -0.25) is 24.6 Å². The topological polar surface area (TPSA) is 83.9 Å². The van der Waals surface area contributed by atoms with E-state index >= 15 is 0 Å². The van der Waals surface area contributed by atoms with E-state index in [-0.39, 0.29) is 23.1 Å². The zero-order valence-electron chi connectivity index (χ0n) is 19.5. The Kier molecular flexibility index (Phi) is 6.74. The molecule has 0 unspecified atom stereocenters. The molecule has 5 rings (SSSR count). The number of rotatable bonds is 4. The van der Waals surface area contributed by atoms with Crippen LogP contribution in [0.2, 0.25) is 0 Å². The number of hydrogen-bond donors (Lipinski definition) is 1. The first kappa shape index (κ1) is 24.4. The normalized spacial score (nSPS) is 17.7. The Morgan fingerprint density at radius 1 is 1.17 bits per heavy atom. The number of hydrogen-bond acceptors (Lipinski definition) is 5. The maximum Gasteiger partial charge on any atom is 0.270 e. The van der Waals surface area contributed by atoms with Crippen LogP contribution in [-0.4, -0.2) is 58.6 Å². The Labute approximate surface area is 221 Å². The molecule has 1 aromatic heterocycles. The molecule has 3 heterocycles. The number of fused-ring (bicyclic) bond motifs is 1.